The molecule has 2 aromatic heterocycles. The number of aryl methyl sites for hydroxylation is 1. The van der Waals surface area contributed by atoms with Gasteiger partial charge in [0, 0.05) is 41.8 Å². The Kier molecular flexibility index (Phi) is 5.45. The smallest absolute Gasteiger partial charge is 0.213 e. The summed E-state index contributed by atoms with van der Waals surface area (Å²) in [5.41, 5.74) is 0.580. The first kappa shape index (κ1) is 17.3. The maximum absolute atomic E-state index is 10.00. The van der Waals surface area contributed by atoms with Gasteiger partial charge in [-0.3, -0.25) is 0 Å². The van der Waals surface area contributed by atoms with Crippen molar-refractivity contribution in [2.45, 2.75) is 38.5 Å². The van der Waals surface area contributed by atoms with Crippen LogP contribution >= 0.6 is 11.3 Å². The molecule has 2 heterocycles. The summed E-state index contributed by atoms with van der Waals surface area (Å²) in [7, 11) is 0. The van der Waals surface area contributed by atoms with Gasteiger partial charge in [-0.25, -0.2) is 9.97 Å². The van der Waals surface area contributed by atoms with E-state index in [2.05, 4.69) is 15.3 Å². The van der Waals surface area contributed by atoms with Crippen LogP contribution in [0.25, 0.3) is 0 Å². The van der Waals surface area contributed by atoms with Crippen molar-refractivity contribution in [3.63, 3.8) is 0 Å². The van der Waals surface area contributed by atoms with Gasteiger partial charge in [0.2, 0.25) is 5.88 Å². The lowest BCUT2D eigenvalue weighted by molar-refractivity contribution is 0.0438. The van der Waals surface area contributed by atoms with Crippen LogP contribution in [0, 0.1) is 12.3 Å². The molecule has 3 N–H and O–H groups in total. The second-order valence-electron chi connectivity index (χ2n) is 6.48. The first-order valence-electron chi connectivity index (χ1n) is 8.08. The summed E-state index contributed by atoms with van der Waals surface area (Å²) in [6, 6.07) is 5.65. The number of ether oxygens (including phenoxy) is 1. The number of aliphatic hydroxyl groups is 2. The average molecular weight is 349 g/mol. The van der Waals surface area contributed by atoms with Crippen LogP contribution in [0.1, 0.15) is 23.5 Å². The molecular formula is C17H23N3O3S. The molecule has 0 radical (unpaired) electrons. The van der Waals surface area contributed by atoms with E-state index in [1.54, 1.807) is 17.5 Å². The minimum atomic E-state index is -0.708. The summed E-state index contributed by atoms with van der Waals surface area (Å²) in [5, 5.41) is 26.3. The third-order valence-corrected chi connectivity index (χ3v) is 5.16. The Bertz CT molecular complexity index is 640. The average Bonchev–Trinajstić information content (AvgIpc) is 3.15. The van der Waals surface area contributed by atoms with E-state index < -0.39 is 12.2 Å². The number of thiazole rings is 1. The molecule has 0 aliphatic heterocycles. The minimum absolute atomic E-state index is 0.318. The molecule has 24 heavy (non-hydrogen) atoms. The van der Waals surface area contributed by atoms with Crippen molar-refractivity contribution >= 4 is 11.3 Å². The lowest BCUT2D eigenvalue weighted by atomic mass is 9.86. The van der Waals surface area contributed by atoms with E-state index in [0.717, 1.165) is 10.7 Å². The Balaban J connectivity index is 1.62. The number of hydrogen-bond donors (Lipinski definition) is 3. The van der Waals surface area contributed by atoms with Gasteiger partial charge in [0.25, 0.3) is 0 Å². The SMILES string of the molecule is Cc1cccc(OCC2(CNCc3nccs3)C[C@@H](O)[C@@H](O)C2)n1. The summed E-state index contributed by atoms with van der Waals surface area (Å²) in [6.07, 6.45) is 1.38. The summed E-state index contributed by atoms with van der Waals surface area (Å²) in [4.78, 5) is 8.60. The van der Waals surface area contributed by atoms with Crippen molar-refractivity contribution in [2.75, 3.05) is 13.2 Å². The summed E-state index contributed by atoms with van der Waals surface area (Å²) in [6.45, 7) is 3.64. The van der Waals surface area contributed by atoms with Crippen LogP contribution in [0.3, 0.4) is 0 Å². The number of aliphatic hydroxyl groups excluding tert-OH is 2. The molecule has 0 bridgehead atoms. The zero-order valence-corrected chi connectivity index (χ0v) is 14.5. The Morgan fingerprint density at radius 1 is 1.33 bits per heavy atom. The van der Waals surface area contributed by atoms with Crippen LogP contribution in [0.2, 0.25) is 0 Å². The fourth-order valence-electron chi connectivity index (χ4n) is 3.16. The van der Waals surface area contributed by atoms with E-state index in [0.29, 0.717) is 38.4 Å². The number of hydrogen-bond acceptors (Lipinski definition) is 7. The predicted molar refractivity (Wildman–Crippen MR) is 92.0 cm³/mol. The van der Waals surface area contributed by atoms with Crippen molar-refractivity contribution in [3.05, 3.63) is 40.5 Å². The molecule has 2 aromatic rings. The predicted octanol–water partition coefficient (Wildman–Crippen LogP) is 1.52. The fraction of sp³-hybridized carbons (Fsp3) is 0.529. The molecule has 3 rings (SSSR count). The number of aromatic nitrogens is 2. The monoisotopic (exact) mass is 349 g/mol. The van der Waals surface area contributed by atoms with E-state index in [1.807, 2.05) is 30.5 Å². The third-order valence-electron chi connectivity index (χ3n) is 4.38. The van der Waals surface area contributed by atoms with Crippen molar-refractivity contribution in [3.8, 4) is 5.88 Å². The van der Waals surface area contributed by atoms with E-state index >= 15 is 0 Å². The molecule has 1 fully saturated rings. The number of nitrogens with zero attached hydrogens (tertiary/aromatic N) is 2. The van der Waals surface area contributed by atoms with Gasteiger partial charge in [0.05, 0.1) is 18.8 Å². The van der Waals surface area contributed by atoms with Crippen LogP contribution in [0.15, 0.2) is 29.8 Å². The van der Waals surface area contributed by atoms with Gasteiger partial charge in [0.1, 0.15) is 5.01 Å². The van der Waals surface area contributed by atoms with Gasteiger partial charge in [-0.1, -0.05) is 6.07 Å². The molecule has 0 aromatic carbocycles. The molecular weight excluding hydrogens is 326 g/mol. The van der Waals surface area contributed by atoms with Gasteiger partial charge in [-0.05, 0) is 25.8 Å². The van der Waals surface area contributed by atoms with Crippen LogP contribution in [0.4, 0.5) is 0 Å². The Labute approximate surface area is 145 Å². The molecule has 6 nitrogen and oxygen atoms in total. The highest BCUT2D eigenvalue weighted by atomic mass is 32.1. The maximum atomic E-state index is 10.00. The summed E-state index contributed by atoms with van der Waals surface area (Å²) >= 11 is 1.60. The molecule has 1 unspecified atom stereocenters. The van der Waals surface area contributed by atoms with Crippen molar-refractivity contribution in [1.29, 1.82) is 0 Å². The summed E-state index contributed by atoms with van der Waals surface area (Å²) in [5.74, 6) is 0.574. The highest BCUT2D eigenvalue weighted by Gasteiger charge is 2.44. The standard InChI is InChI=1S/C17H23N3O3S/c1-12-3-2-4-15(20-12)23-11-17(7-13(21)14(22)8-17)10-18-9-16-19-5-6-24-16/h2-6,13-14,18,21-22H,7-11H2,1H3/t13-,14+,17?. The lowest BCUT2D eigenvalue weighted by Crippen LogP contribution is -2.38. The second-order valence-corrected chi connectivity index (χ2v) is 7.46. The third kappa shape index (κ3) is 4.30. The molecule has 1 aliphatic rings. The van der Waals surface area contributed by atoms with Gasteiger partial charge in [0.15, 0.2) is 0 Å². The number of rotatable bonds is 7. The quantitative estimate of drug-likeness (QED) is 0.702. The zero-order valence-electron chi connectivity index (χ0n) is 13.7. The number of pyridine rings is 1. The topological polar surface area (TPSA) is 87.5 Å². The zero-order chi connectivity index (χ0) is 17.0. The van der Waals surface area contributed by atoms with E-state index in [-0.39, 0.29) is 5.41 Å². The Morgan fingerprint density at radius 2 is 2.12 bits per heavy atom. The van der Waals surface area contributed by atoms with E-state index in [4.69, 9.17) is 4.74 Å². The molecule has 1 saturated carbocycles. The Morgan fingerprint density at radius 3 is 2.79 bits per heavy atom. The van der Waals surface area contributed by atoms with Gasteiger partial charge in [-0.15, -0.1) is 11.3 Å². The molecule has 0 saturated heterocycles. The molecule has 0 amide bonds. The van der Waals surface area contributed by atoms with E-state index in [9.17, 15) is 10.2 Å². The normalized spacial score (nSPS) is 26.6. The van der Waals surface area contributed by atoms with Gasteiger partial charge >= 0.3 is 0 Å². The highest BCUT2D eigenvalue weighted by Crippen LogP contribution is 2.38. The first-order chi connectivity index (χ1) is 11.6. The first-order valence-corrected chi connectivity index (χ1v) is 8.96. The van der Waals surface area contributed by atoms with Crippen molar-refractivity contribution in [2.24, 2.45) is 5.41 Å². The van der Waals surface area contributed by atoms with Crippen molar-refractivity contribution in [1.82, 2.24) is 15.3 Å². The molecule has 0 spiro atoms. The minimum Gasteiger partial charge on any atom is -0.477 e. The Hall–Kier alpha value is -1.54. The molecule has 3 atom stereocenters. The maximum Gasteiger partial charge on any atom is 0.213 e. The highest BCUT2D eigenvalue weighted by molar-refractivity contribution is 7.09. The molecule has 130 valence electrons. The second kappa shape index (κ2) is 7.57. The van der Waals surface area contributed by atoms with Gasteiger partial charge < -0.3 is 20.3 Å². The summed E-state index contributed by atoms with van der Waals surface area (Å²) < 4.78 is 5.87. The van der Waals surface area contributed by atoms with Crippen LogP contribution in [-0.2, 0) is 6.54 Å². The molecule has 1 aliphatic carbocycles. The van der Waals surface area contributed by atoms with E-state index in [1.165, 1.54) is 0 Å². The van der Waals surface area contributed by atoms with Crippen LogP contribution < -0.4 is 10.1 Å². The van der Waals surface area contributed by atoms with Crippen molar-refractivity contribution < 1.29 is 14.9 Å². The largest absolute Gasteiger partial charge is 0.477 e. The lowest BCUT2D eigenvalue weighted by Gasteiger charge is -2.29. The van der Waals surface area contributed by atoms with Crippen LogP contribution in [-0.4, -0.2) is 45.5 Å². The fourth-order valence-corrected chi connectivity index (χ4v) is 3.74. The van der Waals surface area contributed by atoms with Gasteiger partial charge in [-0.2, -0.15) is 0 Å². The number of nitrogens with one attached hydrogen (secondary N) is 1. The van der Waals surface area contributed by atoms with Crippen LogP contribution in [0.5, 0.6) is 5.88 Å². The molecule has 7 heteroatoms.